The highest BCUT2D eigenvalue weighted by Crippen LogP contribution is 2.20. The number of rotatable bonds is 8. The van der Waals surface area contributed by atoms with Gasteiger partial charge in [0.1, 0.15) is 0 Å². The van der Waals surface area contributed by atoms with E-state index >= 15 is 0 Å². The molecule has 20 heavy (non-hydrogen) atoms. The zero-order valence-electron chi connectivity index (χ0n) is 12.9. The van der Waals surface area contributed by atoms with Gasteiger partial charge in [-0.25, -0.2) is 0 Å². The van der Waals surface area contributed by atoms with Crippen molar-refractivity contribution >= 4 is 10.2 Å². The van der Waals surface area contributed by atoms with E-state index in [2.05, 4.69) is 10.2 Å². The van der Waals surface area contributed by atoms with Crippen molar-refractivity contribution in [3.05, 3.63) is 0 Å². The molecule has 1 N–H and O–H groups in total. The van der Waals surface area contributed by atoms with Crippen molar-refractivity contribution in [2.75, 3.05) is 47.3 Å². The lowest BCUT2D eigenvalue weighted by Gasteiger charge is -2.25. The summed E-state index contributed by atoms with van der Waals surface area (Å²) in [5.41, 5.74) is 0. The smallest absolute Gasteiger partial charge is 0.281 e. The summed E-state index contributed by atoms with van der Waals surface area (Å²) in [5.74, 6) is 0. The highest BCUT2D eigenvalue weighted by Gasteiger charge is 2.34. The van der Waals surface area contributed by atoms with Gasteiger partial charge < -0.3 is 10.2 Å². The SMILES string of the molecule is CN(C)C1CCN(S(=O)(=O)N(C)CCCNC2CC2)C1. The third-order valence-corrected chi connectivity index (χ3v) is 6.19. The lowest BCUT2D eigenvalue weighted by molar-refractivity contribution is 0.298. The monoisotopic (exact) mass is 304 g/mol. The van der Waals surface area contributed by atoms with Crippen molar-refractivity contribution in [3.8, 4) is 0 Å². The largest absolute Gasteiger partial charge is 0.314 e. The van der Waals surface area contributed by atoms with Gasteiger partial charge in [0.25, 0.3) is 10.2 Å². The maximum absolute atomic E-state index is 12.5. The van der Waals surface area contributed by atoms with Crippen LogP contribution in [0.1, 0.15) is 25.7 Å². The van der Waals surface area contributed by atoms with E-state index in [1.807, 2.05) is 14.1 Å². The average Bonchev–Trinajstić information content (AvgIpc) is 3.06. The van der Waals surface area contributed by atoms with E-state index in [1.165, 1.54) is 17.1 Å². The Morgan fingerprint density at radius 2 is 1.90 bits per heavy atom. The van der Waals surface area contributed by atoms with Gasteiger partial charge in [0.05, 0.1) is 0 Å². The van der Waals surface area contributed by atoms with E-state index in [1.54, 1.807) is 11.4 Å². The molecule has 0 aromatic carbocycles. The van der Waals surface area contributed by atoms with Gasteiger partial charge in [0, 0.05) is 38.8 Å². The van der Waals surface area contributed by atoms with Crippen molar-refractivity contribution < 1.29 is 8.42 Å². The van der Waals surface area contributed by atoms with Crippen LogP contribution in [-0.2, 0) is 10.2 Å². The second-order valence-corrected chi connectivity index (χ2v) is 8.21. The van der Waals surface area contributed by atoms with Crippen molar-refractivity contribution in [3.63, 3.8) is 0 Å². The summed E-state index contributed by atoms with van der Waals surface area (Å²) in [4.78, 5) is 2.11. The molecule has 0 radical (unpaired) electrons. The topological polar surface area (TPSA) is 55.9 Å². The first kappa shape index (κ1) is 16.2. The van der Waals surface area contributed by atoms with Crippen LogP contribution in [0.25, 0.3) is 0 Å². The molecule has 0 bridgehead atoms. The minimum atomic E-state index is -3.28. The predicted octanol–water partition coefficient (Wildman–Crippen LogP) is -0.0590. The van der Waals surface area contributed by atoms with Crippen molar-refractivity contribution in [1.29, 1.82) is 0 Å². The molecule has 2 rings (SSSR count). The number of hydrogen-bond acceptors (Lipinski definition) is 4. The fourth-order valence-electron chi connectivity index (χ4n) is 2.55. The van der Waals surface area contributed by atoms with Crippen molar-refractivity contribution in [1.82, 2.24) is 18.8 Å². The van der Waals surface area contributed by atoms with Crippen LogP contribution in [0.4, 0.5) is 0 Å². The molecule has 1 heterocycles. The first-order valence-corrected chi connectivity index (χ1v) is 8.92. The van der Waals surface area contributed by atoms with E-state index < -0.39 is 10.2 Å². The fraction of sp³-hybridized carbons (Fsp3) is 1.00. The Kier molecular flexibility index (Phi) is 5.42. The minimum Gasteiger partial charge on any atom is -0.314 e. The van der Waals surface area contributed by atoms with Gasteiger partial charge >= 0.3 is 0 Å². The Balaban J connectivity index is 1.76. The Hall–Kier alpha value is -0.210. The second-order valence-electron chi connectivity index (χ2n) is 6.18. The maximum atomic E-state index is 12.5. The molecule has 6 nitrogen and oxygen atoms in total. The van der Waals surface area contributed by atoms with Gasteiger partial charge in [0.2, 0.25) is 0 Å². The van der Waals surface area contributed by atoms with Crippen molar-refractivity contribution in [2.24, 2.45) is 0 Å². The highest BCUT2D eigenvalue weighted by molar-refractivity contribution is 7.86. The van der Waals surface area contributed by atoms with Crippen LogP contribution >= 0.6 is 0 Å². The molecule has 2 fully saturated rings. The molecule has 118 valence electrons. The third kappa shape index (κ3) is 4.14. The van der Waals surface area contributed by atoms with Crippen LogP contribution in [0.15, 0.2) is 0 Å². The Morgan fingerprint density at radius 1 is 1.20 bits per heavy atom. The van der Waals surface area contributed by atoms with Gasteiger partial charge in [-0.1, -0.05) is 0 Å². The summed E-state index contributed by atoms with van der Waals surface area (Å²) < 4.78 is 28.0. The van der Waals surface area contributed by atoms with E-state index in [9.17, 15) is 8.42 Å². The first-order chi connectivity index (χ1) is 9.41. The standard InChI is InChI=1S/C13H28N4O2S/c1-15(2)13-7-10-17(11-13)20(18,19)16(3)9-4-8-14-12-5-6-12/h12-14H,4-11H2,1-3H3. The van der Waals surface area contributed by atoms with Crippen LogP contribution in [0.2, 0.25) is 0 Å². The number of nitrogens with zero attached hydrogens (tertiary/aromatic N) is 3. The van der Waals surface area contributed by atoms with Gasteiger partial charge in [-0.05, 0) is 46.3 Å². The van der Waals surface area contributed by atoms with E-state index in [-0.39, 0.29) is 0 Å². The van der Waals surface area contributed by atoms with Crippen LogP contribution in [-0.4, -0.2) is 81.3 Å². The summed E-state index contributed by atoms with van der Waals surface area (Å²) in [7, 11) is 2.43. The molecular formula is C13H28N4O2S. The van der Waals surface area contributed by atoms with Gasteiger partial charge in [0.15, 0.2) is 0 Å². The molecule has 7 heteroatoms. The average molecular weight is 304 g/mol. The molecule has 1 saturated heterocycles. The molecule has 0 spiro atoms. The molecule has 1 unspecified atom stereocenters. The van der Waals surface area contributed by atoms with Crippen LogP contribution < -0.4 is 5.32 Å². The molecular weight excluding hydrogens is 276 g/mol. The quantitative estimate of drug-likeness (QED) is 0.639. The molecule has 1 saturated carbocycles. The first-order valence-electron chi connectivity index (χ1n) is 7.52. The van der Waals surface area contributed by atoms with E-state index in [0.29, 0.717) is 31.7 Å². The minimum absolute atomic E-state index is 0.342. The summed E-state index contributed by atoms with van der Waals surface area (Å²) in [6, 6.07) is 1.03. The molecule has 1 atom stereocenters. The number of nitrogens with one attached hydrogen (secondary N) is 1. The van der Waals surface area contributed by atoms with Crippen LogP contribution in [0.5, 0.6) is 0 Å². The van der Waals surface area contributed by atoms with Crippen molar-refractivity contribution in [2.45, 2.75) is 37.8 Å². The van der Waals surface area contributed by atoms with Crippen LogP contribution in [0, 0.1) is 0 Å². The summed E-state index contributed by atoms with van der Waals surface area (Å²) in [5, 5.41) is 3.41. The normalized spacial score (nSPS) is 24.9. The molecule has 0 amide bonds. The van der Waals surface area contributed by atoms with E-state index in [0.717, 1.165) is 19.4 Å². The van der Waals surface area contributed by atoms with Gasteiger partial charge in [-0.3, -0.25) is 0 Å². The maximum Gasteiger partial charge on any atom is 0.281 e. The zero-order chi connectivity index (χ0) is 14.8. The van der Waals surface area contributed by atoms with Crippen LogP contribution in [0.3, 0.4) is 0 Å². The second kappa shape index (κ2) is 6.70. The molecule has 1 aliphatic heterocycles. The fourth-order valence-corrected chi connectivity index (χ4v) is 4.00. The Bertz CT molecular complexity index is 409. The number of hydrogen-bond donors (Lipinski definition) is 1. The Labute approximate surface area is 123 Å². The molecule has 0 aromatic rings. The Morgan fingerprint density at radius 3 is 2.45 bits per heavy atom. The lowest BCUT2D eigenvalue weighted by atomic mass is 10.2. The summed E-state index contributed by atoms with van der Waals surface area (Å²) in [6.07, 6.45) is 4.34. The van der Waals surface area contributed by atoms with E-state index in [4.69, 9.17) is 0 Å². The summed E-state index contributed by atoms with van der Waals surface area (Å²) in [6.45, 7) is 2.74. The third-order valence-electron chi connectivity index (χ3n) is 4.24. The predicted molar refractivity (Wildman–Crippen MR) is 80.9 cm³/mol. The molecule has 2 aliphatic rings. The number of likely N-dealkylation sites (N-methyl/N-ethyl adjacent to an activating group) is 1. The highest BCUT2D eigenvalue weighted by atomic mass is 32.2. The van der Waals surface area contributed by atoms with Gasteiger partial charge in [-0.15, -0.1) is 0 Å². The summed E-state index contributed by atoms with van der Waals surface area (Å²) >= 11 is 0. The zero-order valence-corrected chi connectivity index (χ0v) is 13.7. The molecule has 0 aromatic heterocycles. The van der Waals surface area contributed by atoms with Gasteiger partial charge in [-0.2, -0.15) is 17.0 Å². The molecule has 1 aliphatic carbocycles. The lowest BCUT2D eigenvalue weighted by Crippen LogP contribution is -2.43.